The Labute approximate surface area is 233 Å². The van der Waals surface area contributed by atoms with Crippen molar-refractivity contribution in [3.63, 3.8) is 0 Å². The maximum atomic E-state index is 14.0. The molecule has 39 heavy (non-hydrogen) atoms. The molecule has 0 bridgehead atoms. The van der Waals surface area contributed by atoms with E-state index >= 15 is 0 Å². The zero-order chi connectivity index (χ0) is 26.8. The van der Waals surface area contributed by atoms with Gasteiger partial charge in [0.2, 0.25) is 12.7 Å². The average Bonchev–Trinajstić information content (AvgIpc) is 3.66. The van der Waals surface area contributed by atoms with Crippen LogP contribution in [0.5, 0.6) is 16.7 Å². The second kappa shape index (κ2) is 11.6. The van der Waals surface area contributed by atoms with Crippen molar-refractivity contribution in [3.8, 4) is 27.1 Å². The number of carbonyl (C=O) groups excluding carboxylic acids is 1. The van der Waals surface area contributed by atoms with Crippen LogP contribution in [0.15, 0.2) is 48.7 Å². The van der Waals surface area contributed by atoms with Crippen LogP contribution in [0.2, 0.25) is 0 Å². The highest BCUT2D eigenvalue weighted by Crippen LogP contribution is 2.41. The number of hydrogen-bond acceptors (Lipinski definition) is 7. The number of methoxy groups -OCH3 is 1. The lowest BCUT2D eigenvalue weighted by Gasteiger charge is -2.36. The van der Waals surface area contributed by atoms with E-state index in [-0.39, 0.29) is 17.9 Å². The van der Waals surface area contributed by atoms with Crippen molar-refractivity contribution in [2.24, 2.45) is 11.8 Å². The smallest absolute Gasteiger partial charge is 0.273 e. The normalized spacial score (nSPS) is 24.4. The molecule has 1 N–H and O–H groups in total. The summed E-state index contributed by atoms with van der Waals surface area (Å²) in [6.45, 7) is 1.02. The number of fused-ring (bicyclic) bond motifs is 1. The van der Waals surface area contributed by atoms with Gasteiger partial charge in [-0.1, -0.05) is 29.5 Å². The van der Waals surface area contributed by atoms with Crippen molar-refractivity contribution >= 4 is 22.9 Å². The lowest BCUT2D eigenvalue weighted by molar-refractivity contribution is -0.124. The van der Waals surface area contributed by atoms with Gasteiger partial charge in [0, 0.05) is 24.3 Å². The number of nitrogens with zero attached hydrogens (tertiary/aromatic N) is 2. The van der Waals surface area contributed by atoms with Crippen LogP contribution in [-0.4, -0.2) is 42.5 Å². The van der Waals surface area contributed by atoms with Crippen molar-refractivity contribution in [1.29, 1.82) is 0 Å². The largest absolute Gasteiger partial charge is 0.473 e. The summed E-state index contributed by atoms with van der Waals surface area (Å²) in [4.78, 5) is 21.3. The maximum absolute atomic E-state index is 14.0. The van der Waals surface area contributed by atoms with Crippen LogP contribution in [0, 0.1) is 11.8 Å². The fourth-order valence-electron chi connectivity index (χ4n) is 6.28. The lowest BCUT2D eigenvalue weighted by Crippen LogP contribution is -2.41. The monoisotopic (exact) mass is 548 g/mol. The van der Waals surface area contributed by atoms with Crippen molar-refractivity contribution in [1.82, 2.24) is 4.98 Å². The second-order valence-corrected chi connectivity index (χ2v) is 12.0. The van der Waals surface area contributed by atoms with Crippen molar-refractivity contribution in [2.45, 2.75) is 63.4 Å². The van der Waals surface area contributed by atoms with Gasteiger partial charge in [0.15, 0.2) is 11.5 Å². The van der Waals surface area contributed by atoms with Crippen LogP contribution in [-0.2, 0) is 4.79 Å². The number of hydrogen-bond donors (Lipinski definition) is 1. The summed E-state index contributed by atoms with van der Waals surface area (Å²) >= 11 is 1.50. The number of aromatic nitrogens is 1. The van der Waals surface area contributed by atoms with Gasteiger partial charge in [0.1, 0.15) is 0 Å². The van der Waals surface area contributed by atoms with Crippen molar-refractivity contribution < 1.29 is 24.1 Å². The van der Waals surface area contributed by atoms with E-state index in [1.807, 2.05) is 23.2 Å². The molecule has 1 aliphatic heterocycles. The van der Waals surface area contributed by atoms with Gasteiger partial charge < -0.3 is 24.2 Å². The molecule has 1 aromatic heterocycles. The van der Waals surface area contributed by atoms with Gasteiger partial charge in [-0.05, 0) is 98.6 Å². The maximum Gasteiger partial charge on any atom is 0.273 e. The molecule has 3 aliphatic rings. The van der Waals surface area contributed by atoms with E-state index in [4.69, 9.17) is 14.2 Å². The van der Waals surface area contributed by atoms with Crippen molar-refractivity contribution in [2.75, 3.05) is 25.3 Å². The van der Waals surface area contributed by atoms with Gasteiger partial charge >= 0.3 is 0 Å². The number of benzene rings is 2. The zero-order valence-electron chi connectivity index (χ0n) is 22.4. The van der Waals surface area contributed by atoms with Gasteiger partial charge in [-0.25, -0.2) is 4.98 Å². The Balaban J connectivity index is 1.19. The van der Waals surface area contributed by atoms with Crippen LogP contribution in [0.1, 0.15) is 62.8 Å². The molecule has 2 heterocycles. The average molecular weight is 549 g/mol. The number of aliphatic hydroxyl groups excluding tert-OH is 1. The third kappa shape index (κ3) is 5.77. The number of rotatable bonds is 7. The minimum absolute atomic E-state index is 0.0365. The minimum Gasteiger partial charge on any atom is -0.473 e. The molecule has 0 unspecified atom stereocenters. The van der Waals surface area contributed by atoms with E-state index in [2.05, 4.69) is 35.3 Å². The molecule has 0 spiro atoms. The van der Waals surface area contributed by atoms with Gasteiger partial charge in [-0.2, -0.15) is 0 Å². The van der Waals surface area contributed by atoms with E-state index in [9.17, 15) is 9.90 Å². The Hall–Kier alpha value is -3.10. The highest BCUT2D eigenvalue weighted by molar-refractivity contribution is 7.16. The summed E-state index contributed by atoms with van der Waals surface area (Å²) in [5.74, 6) is 2.78. The Morgan fingerprint density at radius 2 is 1.82 bits per heavy atom. The fourth-order valence-corrected chi connectivity index (χ4v) is 7.01. The van der Waals surface area contributed by atoms with Crippen LogP contribution in [0.4, 0.5) is 5.69 Å². The molecule has 1 amide bonds. The molecular weight excluding hydrogens is 512 g/mol. The first-order valence-corrected chi connectivity index (χ1v) is 14.9. The van der Waals surface area contributed by atoms with Gasteiger partial charge in [-0.15, -0.1) is 0 Å². The summed E-state index contributed by atoms with van der Waals surface area (Å²) in [7, 11) is 1.63. The molecule has 0 radical (unpaired) electrons. The van der Waals surface area contributed by atoms with Crippen LogP contribution in [0.25, 0.3) is 10.4 Å². The van der Waals surface area contributed by atoms with E-state index in [0.29, 0.717) is 36.7 Å². The number of aliphatic hydroxyl groups is 1. The summed E-state index contributed by atoms with van der Waals surface area (Å²) in [6, 6.07) is 14.6. The Bertz CT molecular complexity index is 1290. The van der Waals surface area contributed by atoms with Crippen LogP contribution in [0.3, 0.4) is 0 Å². The van der Waals surface area contributed by atoms with E-state index < -0.39 is 0 Å². The zero-order valence-corrected chi connectivity index (χ0v) is 23.2. The summed E-state index contributed by atoms with van der Waals surface area (Å²) in [5, 5.41) is 10.7. The van der Waals surface area contributed by atoms with E-state index in [1.165, 1.54) is 16.9 Å². The predicted octanol–water partition coefficient (Wildman–Crippen LogP) is 6.41. The predicted molar refractivity (Wildman–Crippen MR) is 152 cm³/mol. The SMILES string of the molecule is COc1ncc(-c2cccc(N(CC3CCC(c4ccc5c(c4)OCO5)CC3)C(=O)C3CCC(O)CC3)c2)s1. The number of thiazole rings is 1. The molecule has 7 nitrogen and oxygen atoms in total. The Morgan fingerprint density at radius 1 is 1.03 bits per heavy atom. The molecule has 2 saturated carbocycles. The topological polar surface area (TPSA) is 81.1 Å². The van der Waals surface area contributed by atoms with Gasteiger partial charge in [-0.3, -0.25) is 4.79 Å². The molecule has 3 aromatic rings. The lowest BCUT2D eigenvalue weighted by atomic mass is 9.78. The summed E-state index contributed by atoms with van der Waals surface area (Å²) in [6.07, 6.45) is 8.81. The number of carbonyl (C=O) groups is 1. The first-order valence-electron chi connectivity index (χ1n) is 14.1. The molecule has 206 valence electrons. The molecule has 8 heteroatoms. The third-order valence-corrected chi connectivity index (χ3v) is 9.58. The molecule has 6 rings (SSSR count). The molecule has 0 saturated heterocycles. The quantitative estimate of drug-likeness (QED) is 0.368. The highest BCUT2D eigenvalue weighted by Gasteiger charge is 2.32. The fraction of sp³-hybridized carbons (Fsp3) is 0.484. The standard InChI is InChI=1S/C31H36N2O5S/c1-36-31-32-17-29(39-31)24-3-2-4-25(15-24)33(30(35)22-9-12-26(34)13-10-22)18-20-5-7-21(8-6-20)23-11-14-27-28(16-23)38-19-37-27/h2-4,11,14-17,20-22,26,34H,5-10,12-13,18-19H2,1H3. The third-order valence-electron chi connectivity index (χ3n) is 8.57. The van der Waals surface area contributed by atoms with Gasteiger partial charge in [0.25, 0.3) is 5.19 Å². The second-order valence-electron chi connectivity index (χ2n) is 11.0. The van der Waals surface area contributed by atoms with Crippen LogP contribution >= 0.6 is 11.3 Å². The Morgan fingerprint density at radius 3 is 2.59 bits per heavy atom. The first-order chi connectivity index (χ1) is 19.1. The number of ether oxygens (including phenoxy) is 3. The van der Waals surface area contributed by atoms with Gasteiger partial charge in [0.05, 0.1) is 18.1 Å². The summed E-state index contributed by atoms with van der Waals surface area (Å²) in [5.41, 5.74) is 3.30. The minimum atomic E-state index is -0.279. The first kappa shape index (κ1) is 26.1. The molecule has 2 aliphatic carbocycles. The van der Waals surface area contributed by atoms with E-state index in [0.717, 1.165) is 72.7 Å². The van der Waals surface area contributed by atoms with E-state index in [1.54, 1.807) is 7.11 Å². The number of anilines is 1. The van der Waals surface area contributed by atoms with Crippen molar-refractivity contribution in [3.05, 3.63) is 54.2 Å². The summed E-state index contributed by atoms with van der Waals surface area (Å²) < 4.78 is 16.4. The Kier molecular flexibility index (Phi) is 7.75. The molecular formula is C31H36N2O5S. The molecule has 0 atom stereocenters. The highest BCUT2D eigenvalue weighted by atomic mass is 32.1. The molecule has 2 aromatic carbocycles. The molecule has 2 fully saturated rings. The van der Waals surface area contributed by atoms with Crippen LogP contribution < -0.4 is 19.1 Å². The number of amides is 1.